The maximum atomic E-state index is 11.3. The van der Waals surface area contributed by atoms with Gasteiger partial charge >= 0.3 is 5.97 Å². The van der Waals surface area contributed by atoms with Crippen molar-refractivity contribution in [2.45, 2.75) is 45.1 Å². The van der Waals surface area contributed by atoms with Crippen LogP contribution in [-0.2, 0) is 19.7 Å². The number of rotatable bonds is 4. The summed E-state index contributed by atoms with van der Waals surface area (Å²) in [6, 6.07) is 6.15. The van der Waals surface area contributed by atoms with E-state index in [-0.39, 0.29) is 17.5 Å². The highest BCUT2D eigenvalue weighted by atomic mass is 16.5. The molecule has 1 aromatic carbocycles. The summed E-state index contributed by atoms with van der Waals surface area (Å²) in [5, 5.41) is 0. The molecule has 0 radical (unpaired) electrons. The maximum absolute atomic E-state index is 11.3. The van der Waals surface area contributed by atoms with Crippen LogP contribution in [-0.4, -0.2) is 32.4 Å². The third-order valence-electron chi connectivity index (χ3n) is 3.94. The van der Waals surface area contributed by atoms with Crippen LogP contribution in [0.15, 0.2) is 24.3 Å². The lowest BCUT2D eigenvalue weighted by molar-refractivity contribution is -0.134. The zero-order valence-electron chi connectivity index (χ0n) is 14.4. The van der Waals surface area contributed by atoms with Crippen LogP contribution in [0.25, 0.3) is 6.08 Å². The molecule has 0 amide bonds. The molecule has 0 spiro atoms. The van der Waals surface area contributed by atoms with Crippen LogP contribution in [0.5, 0.6) is 5.75 Å². The van der Waals surface area contributed by atoms with Crippen molar-refractivity contribution in [2.75, 3.05) is 20.3 Å². The SMILES string of the molecule is COC(=O)C=Cc1ccc(C(C)(C)C)cc1OC1CCOCC1. The molecule has 0 saturated carbocycles. The molecule has 1 heterocycles. The van der Waals surface area contributed by atoms with Crippen molar-refractivity contribution >= 4 is 12.0 Å². The van der Waals surface area contributed by atoms with E-state index in [4.69, 9.17) is 9.47 Å². The van der Waals surface area contributed by atoms with E-state index >= 15 is 0 Å². The van der Waals surface area contributed by atoms with Crippen molar-refractivity contribution in [3.63, 3.8) is 0 Å². The highest BCUT2D eigenvalue weighted by Crippen LogP contribution is 2.31. The summed E-state index contributed by atoms with van der Waals surface area (Å²) in [6.07, 6.45) is 5.10. The fraction of sp³-hybridized carbons (Fsp3) is 0.526. The van der Waals surface area contributed by atoms with Gasteiger partial charge < -0.3 is 14.2 Å². The monoisotopic (exact) mass is 318 g/mol. The normalized spacial score (nSPS) is 16.5. The largest absolute Gasteiger partial charge is 0.490 e. The van der Waals surface area contributed by atoms with Gasteiger partial charge in [-0.05, 0) is 23.1 Å². The van der Waals surface area contributed by atoms with Gasteiger partial charge in [0.15, 0.2) is 0 Å². The molecule has 0 atom stereocenters. The number of benzene rings is 1. The first kappa shape index (κ1) is 17.5. The predicted molar refractivity (Wildman–Crippen MR) is 90.7 cm³/mol. The maximum Gasteiger partial charge on any atom is 0.330 e. The molecule has 4 heteroatoms. The van der Waals surface area contributed by atoms with Gasteiger partial charge in [0.1, 0.15) is 11.9 Å². The Labute approximate surface area is 138 Å². The van der Waals surface area contributed by atoms with Gasteiger partial charge in [-0.15, -0.1) is 0 Å². The van der Waals surface area contributed by atoms with E-state index in [0.717, 1.165) is 37.4 Å². The van der Waals surface area contributed by atoms with Crippen LogP contribution in [0.2, 0.25) is 0 Å². The van der Waals surface area contributed by atoms with Crippen LogP contribution < -0.4 is 4.74 Å². The van der Waals surface area contributed by atoms with Crippen molar-refractivity contribution in [2.24, 2.45) is 0 Å². The van der Waals surface area contributed by atoms with Crippen LogP contribution in [0.1, 0.15) is 44.7 Å². The van der Waals surface area contributed by atoms with Crippen molar-refractivity contribution in [1.29, 1.82) is 0 Å². The molecule has 1 aliphatic rings. The lowest BCUT2D eigenvalue weighted by Crippen LogP contribution is -2.26. The molecule has 1 saturated heterocycles. The Morgan fingerprint density at radius 3 is 2.57 bits per heavy atom. The van der Waals surface area contributed by atoms with E-state index in [2.05, 4.69) is 37.6 Å². The second-order valence-corrected chi connectivity index (χ2v) is 6.79. The first-order chi connectivity index (χ1) is 10.9. The Hall–Kier alpha value is -1.81. The molecule has 1 aliphatic heterocycles. The lowest BCUT2D eigenvalue weighted by Gasteiger charge is -2.26. The number of esters is 1. The van der Waals surface area contributed by atoms with Crippen LogP contribution in [0, 0.1) is 0 Å². The van der Waals surface area contributed by atoms with Crippen molar-refractivity contribution in [3.8, 4) is 5.75 Å². The molecule has 2 rings (SSSR count). The minimum Gasteiger partial charge on any atom is -0.490 e. The highest BCUT2D eigenvalue weighted by molar-refractivity contribution is 5.87. The standard InChI is InChI=1S/C19H26O4/c1-19(2,3)15-7-5-14(6-8-18(20)21-4)17(13-15)23-16-9-11-22-12-10-16/h5-8,13,16H,9-12H2,1-4H3. The lowest BCUT2D eigenvalue weighted by atomic mass is 9.86. The van der Waals surface area contributed by atoms with E-state index in [1.165, 1.54) is 18.7 Å². The Morgan fingerprint density at radius 2 is 1.96 bits per heavy atom. The van der Waals surface area contributed by atoms with Gasteiger partial charge in [0.05, 0.1) is 20.3 Å². The van der Waals surface area contributed by atoms with E-state index in [0.29, 0.717) is 0 Å². The average molecular weight is 318 g/mol. The first-order valence-corrected chi connectivity index (χ1v) is 8.05. The predicted octanol–water partition coefficient (Wildman–Crippen LogP) is 3.73. The number of hydrogen-bond acceptors (Lipinski definition) is 4. The minimum absolute atomic E-state index is 0.0401. The summed E-state index contributed by atoms with van der Waals surface area (Å²) >= 11 is 0. The van der Waals surface area contributed by atoms with Crippen LogP contribution >= 0.6 is 0 Å². The van der Waals surface area contributed by atoms with E-state index in [9.17, 15) is 4.79 Å². The number of carbonyl (C=O) groups is 1. The fourth-order valence-corrected chi connectivity index (χ4v) is 2.44. The van der Waals surface area contributed by atoms with Gasteiger partial charge in [0.2, 0.25) is 0 Å². The summed E-state index contributed by atoms with van der Waals surface area (Å²) in [4.78, 5) is 11.3. The van der Waals surface area contributed by atoms with Gasteiger partial charge in [-0.25, -0.2) is 4.79 Å². The van der Waals surface area contributed by atoms with E-state index < -0.39 is 0 Å². The Kier molecular flexibility index (Phi) is 5.83. The molecule has 0 bridgehead atoms. The minimum atomic E-state index is -0.373. The molecule has 0 N–H and O–H groups in total. The molecular weight excluding hydrogens is 292 g/mol. The number of carbonyl (C=O) groups excluding carboxylic acids is 1. The second-order valence-electron chi connectivity index (χ2n) is 6.79. The third kappa shape index (κ3) is 5.10. The Balaban J connectivity index is 2.28. The summed E-state index contributed by atoms with van der Waals surface area (Å²) in [5.41, 5.74) is 2.13. The summed E-state index contributed by atoms with van der Waals surface area (Å²) < 4.78 is 16.2. The molecule has 23 heavy (non-hydrogen) atoms. The smallest absolute Gasteiger partial charge is 0.330 e. The Morgan fingerprint density at radius 1 is 1.26 bits per heavy atom. The van der Waals surface area contributed by atoms with Gasteiger partial charge in [-0.2, -0.15) is 0 Å². The van der Waals surface area contributed by atoms with Crippen molar-refractivity contribution in [1.82, 2.24) is 0 Å². The van der Waals surface area contributed by atoms with Gasteiger partial charge in [-0.3, -0.25) is 0 Å². The quantitative estimate of drug-likeness (QED) is 0.627. The topological polar surface area (TPSA) is 44.8 Å². The number of methoxy groups -OCH3 is 1. The molecule has 0 unspecified atom stereocenters. The molecule has 1 fully saturated rings. The molecule has 0 aromatic heterocycles. The van der Waals surface area contributed by atoms with Gasteiger partial charge in [0.25, 0.3) is 0 Å². The summed E-state index contributed by atoms with van der Waals surface area (Å²) in [6.45, 7) is 7.98. The Bertz CT molecular complexity index is 563. The number of hydrogen-bond donors (Lipinski definition) is 0. The van der Waals surface area contributed by atoms with Crippen molar-refractivity contribution < 1.29 is 19.0 Å². The van der Waals surface area contributed by atoms with E-state index in [1.54, 1.807) is 6.08 Å². The molecule has 4 nitrogen and oxygen atoms in total. The zero-order chi connectivity index (χ0) is 16.9. The highest BCUT2D eigenvalue weighted by Gasteiger charge is 2.19. The van der Waals surface area contributed by atoms with Crippen molar-refractivity contribution in [3.05, 3.63) is 35.4 Å². The fourth-order valence-electron chi connectivity index (χ4n) is 2.44. The summed E-state index contributed by atoms with van der Waals surface area (Å²) in [7, 11) is 1.37. The van der Waals surface area contributed by atoms with Gasteiger partial charge in [0, 0.05) is 24.5 Å². The molecule has 0 aliphatic carbocycles. The van der Waals surface area contributed by atoms with Crippen LogP contribution in [0.4, 0.5) is 0 Å². The first-order valence-electron chi connectivity index (χ1n) is 8.05. The number of ether oxygens (including phenoxy) is 3. The molecule has 126 valence electrons. The summed E-state index contributed by atoms with van der Waals surface area (Å²) in [5.74, 6) is 0.436. The van der Waals surface area contributed by atoms with E-state index in [1.807, 2.05) is 6.07 Å². The molecule has 1 aromatic rings. The zero-order valence-corrected chi connectivity index (χ0v) is 14.4. The average Bonchev–Trinajstić information content (AvgIpc) is 2.53. The molecular formula is C19H26O4. The van der Waals surface area contributed by atoms with Gasteiger partial charge in [-0.1, -0.05) is 32.9 Å². The van der Waals surface area contributed by atoms with Crippen LogP contribution in [0.3, 0.4) is 0 Å². The second kappa shape index (κ2) is 7.64. The third-order valence-corrected chi connectivity index (χ3v) is 3.94.